The summed E-state index contributed by atoms with van der Waals surface area (Å²) >= 11 is 7.18. The van der Waals surface area contributed by atoms with Gasteiger partial charge in [-0.15, -0.1) is 11.8 Å². The average molecular weight is 395 g/mol. The van der Waals surface area contributed by atoms with Crippen LogP contribution in [0.5, 0.6) is 11.5 Å². The largest absolute Gasteiger partial charge is 0.497 e. The van der Waals surface area contributed by atoms with Crippen LogP contribution in [0.15, 0.2) is 47.4 Å². The lowest BCUT2D eigenvalue weighted by molar-refractivity contribution is -0.141. The Kier molecular flexibility index (Phi) is 7.36. The van der Waals surface area contributed by atoms with Crippen molar-refractivity contribution in [2.45, 2.75) is 17.1 Å². The molecule has 0 radical (unpaired) electrons. The third-order valence-electron chi connectivity index (χ3n) is 3.51. The molecule has 0 heterocycles. The van der Waals surface area contributed by atoms with Crippen LogP contribution in [0.2, 0.25) is 5.02 Å². The lowest BCUT2D eigenvalue weighted by atomic mass is 10.1. The van der Waals surface area contributed by atoms with E-state index in [1.165, 1.54) is 26.0 Å². The van der Waals surface area contributed by atoms with Crippen molar-refractivity contribution in [1.82, 2.24) is 0 Å². The number of carbonyl (C=O) groups excluding carboxylic acids is 2. The molecule has 0 aliphatic carbocycles. The van der Waals surface area contributed by atoms with Gasteiger partial charge in [0.05, 0.1) is 19.8 Å². The van der Waals surface area contributed by atoms with Crippen molar-refractivity contribution in [3.05, 3.63) is 53.1 Å². The topological polar surface area (TPSA) is 61.8 Å². The van der Waals surface area contributed by atoms with E-state index in [9.17, 15) is 9.59 Å². The number of Topliss-reactive ketones (excluding diaryl/α,β-unsaturated/α-hetero) is 1. The fourth-order valence-corrected chi connectivity index (χ4v) is 3.12. The second kappa shape index (κ2) is 9.50. The van der Waals surface area contributed by atoms with Gasteiger partial charge in [-0.2, -0.15) is 0 Å². The normalized spacial score (nSPS) is 11.5. The molecule has 7 heteroatoms. The van der Waals surface area contributed by atoms with E-state index in [1.54, 1.807) is 37.3 Å². The Morgan fingerprint density at radius 3 is 2.38 bits per heavy atom. The lowest BCUT2D eigenvalue weighted by Crippen LogP contribution is -2.21. The molecule has 26 heavy (non-hydrogen) atoms. The van der Waals surface area contributed by atoms with E-state index in [0.29, 0.717) is 22.1 Å². The zero-order valence-electron chi connectivity index (χ0n) is 14.7. The Morgan fingerprint density at radius 1 is 1.08 bits per heavy atom. The number of methoxy groups -OCH3 is 2. The van der Waals surface area contributed by atoms with Gasteiger partial charge in [0, 0.05) is 16.0 Å². The van der Waals surface area contributed by atoms with Crippen LogP contribution in [0.3, 0.4) is 0 Å². The molecule has 0 aliphatic rings. The molecule has 0 saturated heterocycles. The molecule has 0 spiro atoms. The minimum atomic E-state index is -0.467. The van der Waals surface area contributed by atoms with Crippen LogP contribution in [0.25, 0.3) is 0 Å². The molecular weight excluding hydrogens is 376 g/mol. The smallest absolute Gasteiger partial charge is 0.319 e. The summed E-state index contributed by atoms with van der Waals surface area (Å²) in [6.07, 6.45) is 0. The number of carbonyl (C=O) groups is 2. The summed E-state index contributed by atoms with van der Waals surface area (Å²) < 4.78 is 15.4. The van der Waals surface area contributed by atoms with Gasteiger partial charge in [-0.05, 0) is 43.3 Å². The maximum absolute atomic E-state index is 12.3. The molecule has 0 amide bonds. The van der Waals surface area contributed by atoms with Gasteiger partial charge < -0.3 is 14.2 Å². The Bertz CT molecular complexity index is 776. The molecule has 1 atom stereocenters. The summed E-state index contributed by atoms with van der Waals surface area (Å²) in [5, 5.41) is 0.172. The van der Waals surface area contributed by atoms with Crippen LogP contribution in [0.1, 0.15) is 17.3 Å². The zero-order chi connectivity index (χ0) is 19.1. The van der Waals surface area contributed by atoms with Crippen LogP contribution >= 0.6 is 23.4 Å². The lowest BCUT2D eigenvalue weighted by Gasteiger charge is -2.12. The molecule has 0 aliphatic heterocycles. The monoisotopic (exact) mass is 394 g/mol. The van der Waals surface area contributed by atoms with E-state index in [0.717, 1.165) is 4.90 Å². The third-order valence-corrected chi connectivity index (χ3v) is 4.86. The predicted molar refractivity (Wildman–Crippen MR) is 102 cm³/mol. The van der Waals surface area contributed by atoms with Crippen molar-refractivity contribution in [3.63, 3.8) is 0 Å². The number of hydrogen-bond acceptors (Lipinski definition) is 6. The highest BCUT2D eigenvalue weighted by atomic mass is 35.5. The molecule has 0 unspecified atom stereocenters. The summed E-state index contributed by atoms with van der Waals surface area (Å²) in [4.78, 5) is 25.4. The van der Waals surface area contributed by atoms with Crippen molar-refractivity contribution in [1.29, 1.82) is 0 Å². The Morgan fingerprint density at radius 2 is 1.77 bits per heavy atom. The highest BCUT2D eigenvalue weighted by molar-refractivity contribution is 8.00. The summed E-state index contributed by atoms with van der Waals surface area (Å²) in [7, 11) is 2.99. The second-order valence-electron chi connectivity index (χ2n) is 5.31. The molecule has 0 fully saturated rings. The molecule has 0 N–H and O–H groups in total. The minimum Gasteiger partial charge on any atom is -0.497 e. The Labute approximate surface area is 161 Å². The fraction of sp³-hybridized carbons (Fsp3) is 0.263. The van der Waals surface area contributed by atoms with E-state index in [1.807, 2.05) is 12.1 Å². The second-order valence-corrected chi connectivity index (χ2v) is 7.16. The number of ketones is 1. The molecular formula is C19H19ClO5S. The van der Waals surface area contributed by atoms with E-state index < -0.39 is 11.2 Å². The molecule has 2 rings (SSSR count). The van der Waals surface area contributed by atoms with Crippen LogP contribution in [-0.2, 0) is 9.53 Å². The number of rotatable bonds is 8. The predicted octanol–water partition coefficient (Wildman–Crippen LogP) is 4.26. The number of benzene rings is 2. The van der Waals surface area contributed by atoms with Crippen molar-refractivity contribution < 1.29 is 23.8 Å². The standard InChI is InChI=1S/C19H19ClO5S/c1-12(26-15-7-4-13(20)5-8-15)19(22)25-11-17(21)16-9-6-14(23-2)10-18(16)24-3/h4-10,12H,11H2,1-3H3/t12-/m0/s1. The van der Waals surface area contributed by atoms with Crippen molar-refractivity contribution in [3.8, 4) is 11.5 Å². The average Bonchev–Trinajstić information content (AvgIpc) is 2.66. The number of ether oxygens (including phenoxy) is 3. The van der Waals surface area contributed by atoms with E-state index in [4.69, 9.17) is 25.8 Å². The summed E-state index contributed by atoms with van der Waals surface area (Å²) in [5.41, 5.74) is 0.333. The molecule has 2 aromatic carbocycles. The molecule has 138 valence electrons. The van der Waals surface area contributed by atoms with E-state index in [-0.39, 0.29) is 12.4 Å². The number of thioether (sulfide) groups is 1. The molecule has 2 aromatic rings. The molecule has 0 saturated carbocycles. The molecule has 5 nitrogen and oxygen atoms in total. The zero-order valence-corrected chi connectivity index (χ0v) is 16.2. The maximum atomic E-state index is 12.3. The van der Waals surface area contributed by atoms with Crippen molar-refractivity contribution >= 4 is 35.1 Å². The van der Waals surface area contributed by atoms with Crippen molar-refractivity contribution in [2.75, 3.05) is 20.8 Å². The van der Waals surface area contributed by atoms with Gasteiger partial charge in [0.25, 0.3) is 0 Å². The first kappa shape index (κ1) is 20.1. The third kappa shape index (κ3) is 5.41. The van der Waals surface area contributed by atoms with Crippen LogP contribution in [-0.4, -0.2) is 37.8 Å². The minimum absolute atomic E-state index is 0.333. The van der Waals surface area contributed by atoms with Crippen molar-refractivity contribution in [2.24, 2.45) is 0 Å². The van der Waals surface area contributed by atoms with Gasteiger partial charge in [0.15, 0.2) is 6.61 Å². The van der Waals surface area contributed by atoms with Crippen LogP contribution in [0, 0.1) is 0 Å². The Balaban J connectivity index is 1.93. The van der Waals surface area contributed by atoms with Gasteiger partial charge in [-0.3, -0.25) is 9.59 Å². The van der Waals surface area contributed by atoms with Crippen LogP contribution in [0.4, 0.5) is 0 Å². The van der Waals surface area contributed by atoms with E-state index >= 15 is 0 Å². The number of hydrogen-bond donors (Lipinski definition) is 0. The first-order valence-electron chi connectivity index (χ1n) is 7.78. The number of halogens is 1. The van der Waals surface area contributed by atoms with Crippen LogP contribution < -0.4 is 9.47 Å². The van der Waals surface area contributed by atoms with Gasteiger partial charge in [0.2, 0.25) is 5.78 Å². The van der Waals surface area contributed by atoms with E-state index in [2.05, 4.69) is 0 Å². The van der Waals surface area contributed by atoms with Gasteiger partial charge in [0.1, 0.15) is 16.7 Å². The number of esters is 1. The Hall–Kier alpha value is -2.18. The summed E-state index contributed by atoms with van der Waals surface area (Å²) in [6.45, 7) is 1.37. The highest BCUT2D eigenvalue weighted by Gasteiger charge is 2.19. The van der Waals surface area contributed by atoms with Gasteiger partial charge >= 0.3 is 5.97 Å². The highest BCUT2D eigenvalue weighted by Crippen LogP contribution is 2.27. The molecule has 0 aromatic heterocycles. The summed E-state index contributed by atoms with van der Waals surface area (Å²) in [6, 6.07) is 12.0. The first-order chi connectivity index (χ1) is 12.4. The quantitative estimate of drug-likeness (QED) is 0.378. The summed E-state index contributed by atoms with van der Waals surface area (Å²) in [5.74, 6) is 0.129. The SMILES string of the molecule is COc1ccc(C(=O)COC(=O)[C@H](C)Sc2ccc(Cl)cc2)c(OC)c1. The van der Waals surface area contributed by atoms with Gasteiger partial charge in [-0.1, -0.05) is 11.6 Å². The fourth-order valence-electron chi connectivity index (χ4n) is 2.13. The molecule has 0 bridgehead atoms. The maximum Gasteiger partial charge on any atom is 0.319 e. The first-order valence-corrected chi connectivity index (χ1v) is 9.04. The van der Waals surface area contributed by atoms with Gasteiger partial charge in [-0.25, -0.2) is 0 Å².